The molecule has 7 nitrogen and oxygen atoms in total. The predicted octanol–water partition coefficient (Wildman–Crippen LogP) is 0.557. The molecule has 2 aliphatic rings. The first-order chi connectivity index (χ1) is 13.1. The molecule has 1 aliphatic carbocycles. The molecule has 1 aliphatic heterocycles. The molecule has 0 bridgehead atoms. The lowest BCUT2D eigenvalue weighted by Gasteiger charge is -2.36. The third kappa shape index (κ3) is 4.91. The standard InChI is InChI=1S/C20H30N4O3/c1-15(19(25)22-20(26)21-16-7-3-4-8-16)23-11-13-24(14-12-23)17-9-5-6-10-18(17)27-2/h5-6,9-10,15-16H,3-4,7-8,11-14H2,1-2H3,(H2,21,22,25,26)/p+1/t15-/m1/s1. The number of rotatable bonds is 5. The number of quaternary nitrogens is 1. The van der Waals surface area contributed by atoms with E-state index in [2.05, 4.69) is 21.6 Å². The fraction of sp³-hybridized carbons (Fsp3) is 0.600. The van der Waals surface area contributed by atoms with Crippen molar-refractivity contribution in [2.45, 2.75) is 44.7 Å². The number of nitrogens with one attached hydrogen (secondary N) is 3. The van der Waals surface area contributed by atoms with Crippen LogP contribution < -0.4 is 25.2 Å². The van der Waals surface area contributed by atoms with Crippen molar-refractivity contribution in [1.29, 1.82) is 0 Å². The van der Waals surface area contributed by atoms with Gasteiger partial charge in [0.05, 0.1) is 39.0 Å². The van der Waals surface area contributed by atoms with Crippen LogP contribution in [0.25, 0.3) is 0 Å². The number of hydrogen-bond acceptors (Lipinski definition) is 4. The molecule has 1 aromatic carbocycles. The largest absolute Gasteiger partial charge is 0.495 e. The molecule has 1 heterocycles. The highest BCUT2D eigenvalue weighted by Crippen LogP contribution is 2.27. The average molecular weight is 375 g/mol. The third-order valence-electron chi connectivity index (χ3n) is 5.76. The highest BCUT2D eigenvalue weighted by Gasteiger charge is 2.31. The molecule has 3 amide bonds. The number of imide groups is 1. The molecule has 3 rings (SSSR count). The topological polar surface area (TPSA) is 75.1 Å². The van der Waals surface area contributed by atoms with Crippen LogP contribution in [0, 0.1) is 0 Å². The number of methoxy groups -OCH3 is 1. The molecule has 0 radical (unpaired) electrons. The lowest BCUT2D eigenvalue weighted by molar-refractivity contribution is -0.914. The number of carbonyl (C=O) groups is 2. The van der Waals surface area contributed by atoms with Gasteiger partial charge >= 0.3 is 6.03 Å². The van der Waals surface area contributed by atoms with Crippen molar-refractivity contribution in [3.63, 3.8) is 0 Å². The summed E-state index contributed by atoms with van der Waals surface area (Å²) in [6.07, 6.45) is 4.31. The zero-order valence-corrected chi connectivity index (χ0v) is 16.3. The highest BCUT2D eigenvalue weighted by atomic mass is 16.5. The molecule has 148 valence electrons. The van der Waals surface area contributed by atoms with E-state index < -0.39 is 0 Å². The lowest BCUT2D eigenvalue weighted by atomic mass is 10.2. The average Bonchev–Trinajstić information content (AvgIpc) is 3.20. The minimum atomic E-state index is -0.356. The van der Waals surface area contributed by atoms with Crippen molar-refractivity contribution in [1.82, 2.24) is 10.6 Å². The number of benzene rings is 1. The highest BCUT2D eigenvalue weighted by molar-refractivity contribution is 5.96. The van der Waals surface area contributed by atoms with E-state index >= 15 is 0 Å². The van der Waals surface area contributed by atoms with Gasteiger partial charge in [0.2, 0.25) is 0 Å². The van der Waals surface area contributed by atoms with Gasteiger partial charge in [0.1, 0.15) is 5.75 Å². The number of anilines is 1. The summed E-state index contributed by atoms with van der Waals surface area (Å²) >= 11 is 0. The minimum absolute atomic E-state index is 0.203. The Labute approximate surface area is 161 Å². The molecular formula is C20H31N4O3+. The van der Waals surface area contributed by atoms with E-state index in [1.165, 1.54) is 4.90 Å². The molecule has 1 aromatic rings. The Hall–Kier alpha value is -2.28. The number of para-hydroxylation sites is 2. The molecule has 3 N–H and O–H groups in total. The Morgan fingerprint density at radius 1 is 1.19 bits per heavy atom. The van der Waals surface area contributed by atoms with Gasteiger partial charge in [-0.25, -0.2) is 4.79 Å². The number of amides is 3. The second-order valence-corrected chi connectivity index (χ2v) is 7.48. The Balaban J connectivity index is 1.48. The van der Waals surface area contributed by atoms with Crippen LogP contribution in [0.5, 0.6) is 5.75 Å². The van der Waals surface area contributed by atoms with E-state index in [0.717, 1.165) is 63.3 Å². The molecule has 0 spiro atoms. The van der Waals surface area contributed by atoms with Crippen molar-refractivity contribution in [2.24, 2.45) is 0 Å². The second kappa shape index (κ2) is 9.08. The van der Waals surface area contributed by atoms with Gasteiger partial charge in [-0.2, -0.15) is 0 Å². The van der Waals surface area contributed by atoms with Gasteiger partial charge in [0.15, 0.2) is 6.04 Å². The van der Waals surface area contributed by atoms with Gasteiger partial charge in [-0.15, -0.1) is 0 Å². The van der Waals surface area contributed by atoms with Gasteiger partial charge in [0.25, 0.3) is 5.91 Å². The summed E-state index contributed by atoms with van der Waals surface area (Å²) in [5, 5.41) is 5.43. The van der Waals surface area contributed by atoms with Crippen LogP contribution in [0.3, 0.4) is 0 Å². The number of piperazine rings is 1. The summed E-state index contributed by atoms with van der Waals surface area (Å²) in [5.41, 5.74) is 1.09. The quantitative estimate of drug-likeness (QED) is 0.703. The van der Waals surface area contributed by atoms with E-state index in [1.807, 2.05) is 25.1 Å². The maximum absolute atomic E-state index is 12.5. The Bertz CT molecular complexity index is 652. The van der Waals surface area contributed by atoms with E-state index in [4.69, 9.17) is 4.74 Å². The monoisotopic (exact) mass is 375 g/mol. The SMILES string of the molecule is COc1ccccc1N1CC[NH+]([C@H](C)C(=O)NC(=O)NC2CCCC2)CC1. The first kappa shape index (κ1) is 19.5. The number of carbonyl (C=O) groups excluding carboxylic acids is 2. The van der Waals surface area contributed by atoms with Crippen LogP contribution in [-0.4, -0.2) is 57.3 Å². The fourth-order valence-corrected chi connectivity index (χ4v) is 4.06. The van der Waals surface area contributed by atoms with E-state index in [-0.39, 0.29) is 24.0 Å². The molecule has 2 fully saturated rings. The normalized spacial score (nSPS) is 19.6. The summed E-state index contributed by atoms with van der Waals surface area (Å²) in [6.45, 7) is 5.28. The summed E-state index contributed by atoms with van der Waals surface area (Å²) in [6, 6.07) is 7.61. The van der Waals surface area contributed by atoms with Gasteiger partial charge in [-0.1, -0.05) is 25.0 Å². The predicted molar refractivity (Wildman–Crippen MR) is 104 cm³/mol. The Kier molecular flexibility index (Phi) is 6.55. The maximum Gasteiger partial charge on any atom is 0.321 e. The van der Waals surface area contributed by atoms with Gasteiger partial charge in [-0.05, 0) is 31.9 Å². The van der Waals surface area contributed by atoms with Gasteiger partial charge in [-0.3, -0.25) is 10.1 Å². The smallest absolute Gasteiger partial charge is 0.321 e. The van der Waals surface area contributed by atoms with E-state index in [9.17, 15) is 9.59 Å². The summed E-state index contributed by atoms with van der Waals surface area (Å²) in [5.74, 6) is 0.668. The van der Waals surface area contributed by atoms with Gasteiger partial charge in [0, 0.05) is 6.04 Å². The number of nitrogens with zero attached hydrogens (tertiary/aromatic N) is 1. The lowest BCUT2D eigenvalue weighted by Crippen LogP contribution is -3.19. The maximum atomic E-state index is 12.5. The Morgan fingerprint density at radius 3 is 2.52 bits per heavy atom. The van der Waals surface area contributed by atoms with Crippen molar-refractivity contribution >= 4 is 17.6 Å². The molecule has 1 atom stereocenters. The summed E-state index contributed by atoms with van der Waals surface area (Å²) < 4.78 is 5.45. The van der Waals surface area contributed by atoms with E-state index in [0.29, 0.717) is 0 Å². The van der Waals surface area contributed by atoms with Crippen LogP contribution in [0.4, 0.5) is 10.5 Å². The van der Waals surface area contributed by atoms with Crippen LogP contribution >= 0.6 is 0 Å². The van der Waals surface area contributed by atoms with Crippen LogP contribution in [0.15, 0.2) is 24.3 Å². The molecule has 7 heteroatoms. The van der Waals surface area contributed by atoms with Gasteiger partial charge < -0.3 is 19.9 Å². The number of urea groups is 1. The summed E-state index contributed by atoms with van der Waals surface area (Å²) in [7, 11) is 1.68. The van der Waals surface area contributed by atoms with Crippen LogP contribution in [0.2, 0.25) is 0 Å². The molecule has 0 aromatic heterocycles. The van der Waals surface area contributed by atoms with Crippen molar-refractivity contribution < 1.29 is 19.2 Å². The van der Waals surface area contributed by atoms with E-state index in [1.54, 1.807) is 7.11 Å². The zero-order chi connectivity index (χ0) is 19.2. The molecule has 27 heavy (non-hydrogen) atoms. The summed E-state index contributed by atoms with van der Waals surface area (Å²) in [4.78, 5) is 28.0. The molecule has 1 saturated heterocycles. The molecule has 0 unspecified atom stereocenters. The van der Waals surface area contributed by atoms with Crippen molar-refractivity contribution in [3.8, 4) is 5.75 Å². The number of ether oxygens (including phenoxy) is 1. The molecular weight excluding hydrogens is 344 g/mol. The second-order valence-electron chi connectivity index (χ2n) is 7.48. The van der Waals surface area contributed by atoms with Crippen molar-refractivity contribution in [2.75, 3.05) is 38.2 Å². The number of hydrogen-bond donors (Lipinski definition) is 3. The fourth-order valence-electron chi connectivity index (χ4n) is 4.06. The van der Waals surface area contributed by atoms with Crippen LogP contribution in [-0.2, 0) is 4.79 Å². The first-order valence-corrected chi connectivity index (χ1v) is 9.92. The first-order valence-electron chi connectivity index (χ1n) is 9.92. The molecule has 1 saturated carbocycles. The zero-order valence-electron chi connectivity index (χ0n) is 16.3. The van der Waals surface area contributed by atoms with Crippen molar-refractivity contribution in [3.05, 3.63) is 24.3 Å². The third-order valence-corrected chi connectivity index (χ3v) is 5.76. The minimum Gasteiger partial charge on any atom is -0.495 e. The van der Waals surface area contributed by atoms with Crippen LogP contribution in [0.1, 0.15) is 32.6 Å². The Morgan fingerprint density at radius 2 is 1.85 bits per heavy atom.